The highest BCUT2D eigenvalue weighted by molar-refractivity contribution is 6.04. The molecule has 0 aliphatic carbocycles. The molecule has 1 fully saturated rings. The Morgan fingerprint density at radius 1 is 1.31 bits per heavy atom. The number of nitrogens with zero attached hydrogens (tertiary/aromatic N) is 6. The van der Waals surface area contributed by atoms with Gasteiger partial charge < -0.3 is 16.0 Å². The number of amides is 1. The predicted molar refractivity (Wildman–Crippen MR) is 98.6 cm³/mol. The van der Waals surface area contributed by atoms with Crippen LogP contribution >= 0.6 is 0 Å². The van der Waals surface area contributed by atoms with Gasteiger partial charge in [-0.3, -0.25) is 9.48 Å². The number of alkyl halides is 3. The number of hydrogen-bond acceptors (Lipinski definition) is 6. The van der Waals surface area contributed by atoms with E-state index in [2.05, 4.69) is 20.5 Å². The van der Waals surface area contributed by atoms with Crippen LogP contribution in [0.25, 0.3) is 5.52 Å². The second kappa shape index (κ2) is 7.03. The summed E-state index contributed by atoms with van der Waals surface area (Å²) >= 11 is 0. The Balaban J connectivity index is 1.64. The average molecular weight is 408 g/mol. The number of fused-ring (bicyclic) bond motifs is 1. The normalized spacial score (nSPS) is 17.7. The number of anilines is 2. The highest BCUT2D eigenvalue weighted by Gasteiger charge is 2.37. The summed E-state index contributed by atoms with van der Waals surface area (Å²) in [4.78, 5) is 18.9. The molecule has 12 heteroatoms. The molecule has 3 aromatic heterocycles. The van der Waals surface area contributed by atoms with Crippen molar-refractivity contribution in [1.29, 1.82) is 0 Å². The van der Waals surface area contributed by atoms with E-state index in [4.69, 9.17) is 5.73 Å². The summed E-state index contributed by atoms with van der Waals surface area (Å²) in [7, 11) is 1.35. The van der Waals surface area contributed by atoms with Crippen LogP contribution in [0.5, 0.6) is 0 Å². The number of halogens is 3. The Morgan fingerprint density at radius 2 is 2.10 bits per heavy atom. The van der Waals surface area contributed by atoms with Crippen molar-refractivity contribution < 1.29 is 18.0 Å². The molecule has 154 valence electrons. The van der Waals surface area contributed by atoms with Gasteiger partial charge >= 0.3 is 6.18 Å². The maximum absolute atomic E-state index is 13.1. The third kappa shape index (κ3) is 3.75. The molecule has 4 heterocycles. The van der Waals surface area contributed by atoms with Crippen LogP contribution in [0, 0.1) is 0 Å². The molecule has 3 aromatic rings. The van der Waals surface area contributed by atoms with Crippen molar-refractivity contribution in [1.82, 2.24) is 24.4 Å². The van der Waals surface area contributed by atoms with Crippen molar-refractivity contribution in [3.8, 4) is 0 Å². The minimum Gasteiger partial charge on any atom is -0.338 e. The molecule has 1 amide bonds. The van der Waals surface area contributed by atoms with Gasteiger partial charge in [0.15, 0.2) is 5.69 Å². The zero-order valence-electron chi connectivity index (χ0n) is 15.5. The number of hydrogen-bond donors (Lipinski definition) is 2. The highest BCUT2D eigenvalue weighted by Crippen LogP contribution is 2.33. The van der Waals surface area contributed by atoms with E-state index in [1.807, 2.05) is 4.90 Å². The van der Waals surface area contributed by atoms with Crippen LogP contribution in [0.4, 0.5) is 24.8 Å². The van der Waals surface area contributed by atoms with Crippen molar-refractivity contribution in [2.24, 2.45) is 12.8 Å². The summed E-state index contributed by atoms with van der Waals surface area (Å²) in [5, 5.41) is 10.1. The number of rotatable bonds is 3. The van der Waals surface area contributed by atoms with Gasteiger partial charge in [0.25, 0.3) is 5.91 Å². The lowest BCUT2D eigenvalue weighted by atomic mass is 10.1. The van der Waals surface area contributed by atoms with Crippen molar-refractivity contribution in [2.75, 3.05) is 23.3 Å². The van der Waals surface area contributed by atoms with E-state index in [0.717, 1.165) is 30.3 Å². The lowest BCUT2D eigenvalue weighted by molar-refractivity contribution is -0.140. The summed E-state index contributed by atoms with van der Waals surface area (Å²) in [5.74, 6) is -0.321. The fourth-order valence-corrected chi connectivity index (χ4v) is 3.38. The Labute approximate surface area is 163 Å². The van der Waals surface area contributed by atoms with E-state index < -0.39 is 23.5 Å². The monoisotopic (exact) mass is 408 g/mol. The summed E-state index contributed by atoms with van der Waals surface area (Å²) in [6.45, 7) is 1.34. The van der Waals surface area contributed by atoms with E-state index in [1.54, 1.807) is 12.3 Å². The molecule has 29 heavy (non-hydrogen) atoms. The second-order valence-electron chi connectivity index (χ2n) is 6.98. The molecule has 1 aliphatic rings. The lowest BCUT2D eigenvalue weighted by Crippen LogP contribution is -2.43. The van der Waals surface area contributed by atoms with Gasteiger partial charge in [-0.1, -0.05) is 0 Å². The molecular formula is C17H19F3N8O. The molecule has 4 rings (SSSR count). The Bertz CT molecular complexity index is 1060. The first-order chi connectivity index (χ1) is 13.7. The predicted octanol–water partition coefficient (Wildman–Crippen LogP) is 1.66. The molecule has 0 bridgehead atoms. The van der Waals surface area contributed by atoms with Gasteiger partial charge in [0.1, 0.15) is 5.69 Å². The molecule has 1 saturated heterocycles. The van der Waals surface area contributed by atoms with E-state index in [1.165, 1.54) is 17.6 Å². The minimum atomic E-state index is -4.69. The SMILES string of the molecule is Cn1cc(NC(=O)c2ccc3cnc(N4CCC[C@@H](N)C4)nn23)c(C(F)(F)F)n1. The van der Waals surface area contributed by atoms with Gasteiger partial charge in [-0.05, 0) is 25.0 Å². The Kier molecular flexibility index (Phi) is 4.65. The van der Waals surface area contributed by atoms with Crippen molar-refractivity contribution in [2.45, 2.75) is 25.1 Å². The van der Waals surface area contributed by atoms with Crippen molar-refractivity contribution >= 4 is 23.1 Å². The molecule has 0 unspecified atom stereocenters. The third-order valence-corrected chi connectivity index (χ3v) is 4.71. The van der Waals surface area contributed by atoms with Crippen LogP contribution in [0.1, 0.15) is 29.0 Å². The van der Waals surface area contributed by atoms with E-state index in [-0.39, 0.29) is 11.7 Å². The van der Waals surface area contributed by atoms with E-state index in [0.29, 0.717) is 18.0 Å². The van der Waals surface area contributed by atoms with Crippen LogP contribution in [0.3, 0.4) is 0 Å². The average Bonchev–Trinajstić information content (AvgIpc) is 3.24. The lowest BCUT2D eigenvalue weighted by Gasteiger charge is -2.30. The quantitative estimate of drug-likeness (QED) is 0.683. The Morgan fingerprint density at radius 3 is 2.83 bits per heavy atom. The van der Waals surface area contributed by atoms with Crippen LogP contribution in [-0.4, -0.2) is 49.4 Å². The first kappa shape index (κ1) is 19.2. The maximum Gasteiger partial charge on any atom is 0.437 e. The zero-order chi connectivity index (χ0) is 20.8. The zero-order valence-corrected chi connectivity index (χ0v) is 15.5. The molecular weight excluding hydrogens is 389 g/mol. The number of aryl methyl sites for hydroxylation is 1. The molecule has 9 nitrogen and oxygen atoms in total. The summed E-state index contributed by atoms with van der Waals surface area (Å²) in [5.41, 5.74) is 5.05. The van der Waals surface area contributed by atoms with Crippen LogP contribution in [0.15, 0.2) is 24.5 Å². The van der Waals surface area contributed by atoms with Gasteiger partial charge in [-0.25, -0.2) is 9.50 Å². The molecule has 0 aromatic carbocycles. The topological polar surface area (TPSA) is 106 Å². The highest BCUT2D eigenvalue weighted by atomic mass is 19.4. The minimum absolute atomic E-state index is 0.0156. The number of aromatic nitrogens is 5. The van der Waals surface area contributed by atoms with Crippen LogP contribution < -0.4 is 16.0 Å². The number of nitrogens with one attached hydrogen (secondary N) is 1. The summed E-state index contributed by atoms with van der Waals surface area (Å²) in [6, 6.07) is 3.12. The van der Waals surface area contributed by atoms with Crippen LogP contribution in [0.2, 0.25) is 0 Å². The number of nitrogens with two attached hydrogens (primary N) is 1. The molecule has 0 spiro atoms. The molecule has 1 aliphatic heterocycles. The summed E-state index contributed by atoms with van der Waals surface area (Å²) in [6.07, 6.45) is -0.199. The molecule has 3 N–H and O–H groups in total. The van der Waals surface area contributed by atoms with Crippen molar-refractivity contribution in [3.63, 3.8) is 0 Å². The maximum atomic E-state index is 13.1. The number of piperidine rings is 1. The standard InChI is InChI=1S/C17H19F3N8O/c1-26-9-12(14(24-26)17(18,19)20)23-15(29)13-5-4-11-7-22-16(25-28(11)13)27-6-2-3-10(21)8-27/h4-5,7,9-10H,2-3,6,8,21H2,1H3,(H,23,29)/t10-/m1/s1. The largest absolute Gasteiger partial charge is 0.437 e. The molecule has 0 radical (unpaired) electrons. The molecule has 1 atom stereocenters. The Hall–Kier alpha value is -3.15. The van der Waals surface area contributed by atoms with Gasteiger partial charge in [0.05, 0.1) is 17.4 Å². The third-order valence-electron chi connectivity index (χ3n) is 4.71. The van der Waals surface area contributed by atoms with Gasteiger partial charge in [-0.15, -0.1) is 5.10 Å². The second-order valence-corrected chi connectivity index (χ2v) is 6.98. The van der Waals surface area contributed by atoms with E-state index >= 15 is 0 Å². The fraction of sp³-hybridized carbons (Fsp3) is 0.412. The number of carbonyl (C=O) groups is 1. The smallest absolute Gasteiger partial charge is 0.338 e. The summed E-state index contributed by atoms with van der Waals surface area (Å²) < 4.78 is 41.7. The first-order valence-corrected chi connectivity index (χ1v) is 9.00. The number of carbonyl (C=O) groups excluding carboxylic acids is 1. The van der Waals surface area contributed by atoms with E-state index in [9.17, 15) is 18.0 Å². The van der Waals surface area contributed by atoms with Crippen molar-refractivity contribution in [3.05, 3.63) is 35.9 Å². The van der Waals surface area contributed by atoms with Gasteiger partial charge in [0.2, 0.25) is 5.95 Å². The fourth-order valence-electron chi connectivity index (χ4n) is 3.38. The van der Waals surface area contributed by atoms with Gasteiger partial charge in [-0.2, -0.15) is 18.3 Å². The van der Waals surface area contributed by atoms with Crippen LogP contribution in [-0.2, 0) is 13.2 Å². The van der Waals surface area contributed by atoms with Gasteiger partial charge in [0, 0.05) is 32.4 Å². The first-order valence-electron chi connectivity index (χ1n) is 9.00. The molecule has 0 saturated carbocycles.